The topological polar surface area (TPSA) is 63.7 Å². The van der Waals surface area contributed by atoms with E-state index in [1.54, 1.807) is 6.92 Å². The molecule has 1 aromatic carbocycles. The quantitative estimate of drug-likeness (QED) is 0.565. The van der Waals surface area contributed by atoms with Crippen LogP contribution >= 0.6 is 10.7 Å². The number of hydrogen-bond donors (Lipinski definition) is 0. The van der Waals surface area contributed by atoms with Gasteiger partial charge in [0.1, 0.15) is 10.7 Å². The lowest BCUT2D eigenvalue weighted by atomic mass is 10.2. The average Bonchev–Trinajstić information content (AvgIpc) is 2.42. The van der Waals surface area contributed by atoms with E-state index in [0.717, 1.165) is 12.1 Å². The molecule has 0 unspecified atom stereocenters. The molecule has 0 spiro atoms. The number of likely N-dealkylation sites (N-methyl/N-ethyl adjacent to an activating group) is 1. The molecule has 0 aliphatic rings. The van der Waals surface area contributed by atoms with Gasteiger partial charge >= 0.3 is 0 Å². The third-order valence-corrected chi connectivity index (χ3v) is 4.16. The van der Waals surface area contributed by atoms with Gasteiger partial charge in [-0.1, -0.05) is 0 Å². The molecular formula is C13H17ClFNO4S. The number of halogens is 2. The second-order valence-electron chi connectivity index (χ2n) is 4.16. The summed E-state index contributed by atoms with van der Waals surface area (Å²) in [5, 5.41) is 0. The summed E-state index contributed by atoms with van der Waals surface area (Å²) in [6.07, 6.45) is 0. The van der Waals surface area contributed by atoms with Crippen LogP contribution in [0.5, 0.6) is 0 Å². The van der Waals surface area contributed by atoms with E-state index < -0.39 is 25.7 Å². The molecule has 0 N–H and O–H groups in total. The number of amides is 1. The minimum absolute atomic E-state index is 0.0639. The zero-order valence-electron chi connectivity index (χ0n) is 11.8. The smallest absolute Gasteiger partial charge is 0.264 e. The number of carbonyl (C=O) groups excluding carboxylic acids is 1. The molecule has 21 heavy (non-hydrogen) atoms. The minimum atomic E-state index is -4.24. The molecule has 0 bridgehead atoms. The SMILES string of the molecule is CCOCCN(CC)C(=O)c1ccc(F)c(S(=O)(=O)Cl)c1. The lowest BCUT2D eigenvalue weighted by molar-refractivity contribution is 0.0669. The summed E-state index contributed by atoms with van der Waals surface area (Å²) in [4.78, 5) is 13.1. The highest BCUT2D eigenvalue weighted by Gasteiger charge is 2.21. The fourth-order valence-electron chi connectivity index (χ4n) is 1.73. The van der Waals surface area contributed by atoms with E-state index >= 15 is 0 Å². The number of ether oxygens (including phenoxy) is 1. The zero-order valence-corrected chi connectivity index (χ0v) is 13.4. The van der Waals surface area contributed by atoms with Gasteiger partial charge in [0.15, 0.2) is 0 Å². The second-order valence-corrected chi connectivity index (χ2v) is 6.70. The van der Waals surface area contributed by atoms with Crippen molar-refractivity contribution in [2.45, 2.75) is 18.7 Å². The van der Waals surface area contributed by atoms with E-state index in [9.17, 15) is 17.6 Å². The maximum Gasteiger partial charge on any atom is 0.264 e. The fourth-order valence-corrected chi connectivity index (χ4v) is 2.65. The molecule has 0 aromatic heterocycles. The number of carbonyl (C=O) groups is 1. The van der Waals surface area contributed by atoms with Crippen molar-refractivity contribution in [2.75, 3.05) is 26.3 Å². The van der Waals surface area contributed by atoms with Crippen LogP contribution in [0.2, 0.25) is 0 Å². The Morgan fingerprint density at radius 1 is 1.38 bits per heavy atom. The van der Waals surface area contributed by atoms with Gasteiger partial charge in [0, 0.05) is 35.9 Å². The molecular weight excluding hydrogens is 321 g/mol. The second kappa shape index (κ2) is 7.72. The Balaban J connectivity index is 3.01. The van der Waals surface area contributed by atoms with Crippen molar-refractivity contribution < 1.29 is 22.3 Å². The lowest BCUT2D eigenvalue weighted by Crippen LogP contribution is -2.34. The molecule has 118 valence electrons. The zero-order chi connectivity index (χ0) is 16.0. The third kappa shape index (κ3) is 4.94. The molecule has 0 atom stereocenters. The molecule has 0 aliphatic heterocycles. The van der Waals surface area contributed by atoms with Crippen LogP contribution < -0.4 is 0 Å². The van der Waals surface area contributed by atoms with Gasteiger partial charge in [-0.2, -0.15) is 0 Å². The van der Waals surface area contributed by atoms with E-state index in [1.165, 1.54) is 11.0 Å². The van der Waals surface area contributed by atoms with Crippen LogP contribution in [0.3, 0.4) is 0 Å². The van der Waals surface area contributed by atoms with E-state index in [4.69, 9.17) is 15.4 Å². The lowest BCUT2D eigenvalue weighted by Gasteiger charge is -2.21. The van der Waals surface area contributed by atoms with Gasteiger partial charge in [0.25, 0.3) is 15.0 Å². The largest absolute Gasteiger partial charge is 0.380 e. The summed E-state index contributed by atoms with van der Waals surface area (Å²) in [5.74, 6) is -1.39. The van der Waals surface area contributed by atoms with Crippen LogP contribution in [-0.2, 0) is 13.8 Å². The predicted molar refractivity (Wildman–Crippen MR) is 77.5 cm³/mol. The van der Waals surface area contributed by atoms with Gasteiger partial charge in [0.05, 0.1) is 6.61 Å². The van der Waals surface area contributed by atoms with Gasteiger partial charge in [-0.3, -0.25) is 4.79 Å². The van der Waals surface area contributed by atoms with Crippen LogP contribution in [-0.4, -0.2) is 45.5 Å². The molecule has 0 saturated carbocycles. The number of benzene rings is 1. The standard InChI is InChI=1S/C13H17ClFNO4S/c1-3-16(7-8-20-4-2)13(17)10-5-6-11(15)12(9-10)21(14,18)19/h5-6,9H,3-4,7-8H2,1-2H3. The first-order valence-electron chi connectivity index (χ1n) is 6.42. The molecule has 1 rings (SSSR count). The maximum atomic E-state index is 13.5. The molecule has 1 aromatic rings. The summed E-state index contributed by atoms with van der Waals surface area (Å²) < 4.78 is 41.1. The first-order chi connectivity index (χ1) is 9.81. The van der Waals surface area contributed by atoms with Crippen molar-refractivity contribution in [3.8, 4) is 0 Å². The number of hydrogen-bond acceptors (Lipinski definition) is 4. The van der Waals surface area contributed by atoms with Crippen LogP contribution in [0.1, 0.15) is 24.2 Å². The number of rotatable bonds is 7. The Morgan fingerprint density at radius 3 is 2.57 bits per heavy atom. The van der Waals surface area contributed by atoms with Crippen LogP contribution in [0.15, 0.2) is 23.1 Å². The van der Waals surface area contributed by atoms with Crippen molar-refractivity contribution in [1.82, 2.24) is 4.90 Å². The Hall–Kier alpha value is -1.18. The van der Waals surface area contributed by atoms with E-state index in [-0.39, 0.29) is 5.56 Å². The summed E-state index contributed by atoms with van der Waals surface area (Å²) in [6, 6.07) is 3.09. The van der Waals surface area contributed by atoms with Gasteiger partial charge in [0.2, 0.25) is 0 Å². The normalized spacial score (nSPS) is 11.4. The molecule has 0 heterocycles. The Kier molecular flexibility index (Phi) is 6.57. The summed E-state index contributed by atoms with van der Waals surface area (Å²) in [7, 11) is 0.903. The van der Waals surface area contributed by atoms with E-state index in [0.29, 0.717) is 26.3 Å². The molecule has 1 amide bonds. The molecule has 0 aliphatic carbocycles. The molecule has 0 fully saturated rings. The third-order valence-electron chi connectivity index (χ3n) is 2.82. The number of nitrogens with zero attached hydrogens (tertiary/aromatic N) is 1. The monoisotopic (exact) mass is 337 g/mol. The molecule has 0 saturated heterocycles. The Morgan fingerprint density at radius 2 is 2.05 bits per heavy atom. The van der Waals surface area contributed by atoms with E-state index in [2.05, 4.69) is 0 Å². The maximum absolute atomic E-state index is 13.5. The summed E-state index contributed by atoms with van der Waals surface area (Å²) in [5.41, 5.74) is 0.0639. The highest BCUT2D eigenvalue weighted by Crippen LogP contribution is 2.21. The highest BCUT2D eigenvalue weighted by atomic mass is 35.7. The van der Waals surface area contributed by atoms with Gasteiger partial charge in [-0.05, 0) is 32.0 Å². The van der Waals surface area contributed by atoms with Crippen molar-refractivity contribution in [3.05, 3.63) is 29.6 Å². The Bertz CT molecular complexity index is 606. The van der Waals surface area contributed by atoms with Crippen LogP contribution in [0.4, 0.5) is 4.39 Å². The van der Waals surface area contributed by atoms with Crippen molar-refractivity contribution in [3.63, 3.8) is 0 Å². The minimum Gasteiger partial charge on any atom is -0.380 e. The fraction of sp³-hybridized carbons (Fsp3) is 0.462. The molecule has 8 heteroatoms. The summed E-state index contributed by atoms with van der Waals surface area (Å²) >= 11 is 0. The molecule has 0 radical (unpaired) electrons. The van der Waals surface area contributed by atoms with Crippen LogP contribution in [0.25, 0.3) is 0 Å². The van der Waals surface area contributed by atoms with Crippen molar-refractivity contribution >= 4 is 25.6 Å². The van der Waals surface area contributed by atoms with Gasteiger partial charge in [-0.15, -0.1) is 0 Å². The average molecular weight is 338 g/mol. The molecule has 5 nitrogen and oxygen atoms in total. The van der Waals surface area contributed by atoms with Crippen molar-refractivity contribution in [2.24, 2.45) is 0 Å². The van der Waals surface area contributed by atoms with Crippen molar-refractivity contribution in [1.29, 1.82) is 0 Å². The first-order valence-corrected chi connectivity index (χ1v) is 8.73. The first kappa shape index (κ1) is 17.9. The predicted octanol–water partition coefficient (Wildman–Crippen LogP) is 2.25. The highest BCUT2D eigenvalue weighted by molar-refractivity contribution is 8.13. The van der Waals surface area contributed by atoms with Gasteiger partial charge < -0.3 is 9.64 Å². The Labute approximate surface area is 128 Å². The summed E-state index contributed by atoms with van der Waals surface area (Å²) in [6.45, 7) is 5.33. The van der Waals surface area contributed by atoms with E-state index in [1.807, 2.05) is 6.92 Å². The van der Waals surface area contributed by atoms with Crippen LogP contribution in [0, 0.1) is 5.82 Å². The van der Waals surface area contributed by atoms with Gasteiger partial charge in [-0.25, -0.2) is 12.8 Å².